The first-order valence-electron chi connectivity index (χ1n) is 7.53. The molecule has 0 saturated heterocycles. The van der Waals surface area contributed by atoms with Crippen LogP contribution in [0, 0.1) is 13.8 Å². The topological polar surface area (TPSA) is 69.2 Å². The number of carbonyl (C=O) groups is 1. The van der Waals surface area contributed by atoms with Crippen LogP contribution in [0.2, 0.25) is 0 Å². The molecule has 2 N–H and O–H groups in total. The van der Waals surface area contributed by atoms with Gasteiger partial charge in [0.15, 0.2) is 0 Å². The molecule has 0 fully saturated rings. The fraction of sp³-hybridized carbons (Fsp3) is 0.412. The summed E-state index contributed by atoms with van der Waals surface area (Å²) in [4.78, 5) is 21.1. The molecular formula is C17H23N3O2. The monoisotopic (exact) mass is 301 g/mol. The van der Waals surface area contributed by atoms with Crippen molar-refractivity contribution in [2.24, 2.45) is 0 Å². The molecule has 0 aliphatic carbocycles. The second-order valence-corrected chi connectivity index (χ2v) is 5.50. The predicted octanol–water partition coefficient (Wildman–Crippen LogP) is 1.98. The van der Waals surface area contributed by atoms with Crippen molar-refractivity contribution in [2.45, 2.75) is 33.2 Å². The van der Waals surface area contributed by atoms with E-state index in [0.29, 0.717) is 25.9 Å². The highest BCUT2D eigenvalue weighted by Gasteiger charge is 2.15. The van der Waals surface area contributed by atoms with Crippen molar-refractivity contribution in [1.29, 1.82) is 0 Å². The number of nitrogens with one attached hydrogen (secondary N) is 1. The molecule has 0 radical (unpaired) electrons. The van der Waals surface area contributed by atoms with Crippen LogP contribution in [0.3, 0.4) is 0 Å². The fourth-order valence-electron chi connectivity index (χ4n) is 2.50. The van der Waals surface area contributed by atoms with Crippen molar-refractivity contribution in [3.8, 4) is 0 Å². The summed E-state index contributed by atoms with van der Waals surface area (Å²) in [6.45, 7) is 4.82. The quantitative estimate of drug-likeness (QED) is 0.821. The number of amides is 1. The summed E-state index contributed by atoms with van der Waals surface area (Å²) in [6.07, 6.45) is 4.54. The van der Waals surface area contributed by atoms with Gasteiger partial charge in [0.1, 0.15) is 5.82 Å². The number of imidazole rings is 1. The molecule has 22 heavy (non-hydrogen) atoms. The van der Waals surface area contributed by atoms with Crippen LogP contribution in [0.25, 0.3) is 0 Å². The molecule has 1 aromatic heterocycles. The van der Waals surface area contributed by atoms with E-state index in [0.717, 1.165) is 5.82 Å². The molecule has 0 bridgehead atoms. The number of aromatic nitrogens is 2. The Morgan fingerprint density at radius 3 is 2.82 bits per heavy atom. The smallest absolute Gasteiger partial charge is 0.223 e. The Bertz CT molecular complexity index is 608. The number of hydrogen-bond donors (Lipinski definition) is 2. The van der Waals surface area contributed by atoms with Crippen molar-refractivity contribution in [2.75, 3.05) is 13.2 Å². The van der Waals surface area contributed by atoms with Crippen LogP contribution in [0.5, 0.6) is 0 Å². The van der Waals surface area contributed by atoms with Gasteiger partial charge in [-0.15, -0.1) is 0 Å². The van der Waals surface area contributed by atoms with Crippen LogP contribution in [0.1, 0.15) is 28.9 Å². The number of hydrogen-bond acceptors (Lipinski definition) is 3. The third-order valence-electron chi connectivity index (χ3n) is 3.72. The molecule has 0 unspecified atom stereocenters. The molecule has 1 aromatic carbocycles. The van der Waals surface area contributed by atoms with Gasteiger partial charge in [-0.05, 0) is 31.4 Å². The van der Waals surface area contributed by atoms with Crippen molar-refractivity contribution in [3.05, 3.63) is 53.1 Å². The lowest BCUT2D eigenvalue weighted by molar-refractivity contribution is -0.132. The summed E-state index contributed by atoms with van der Waals surface area (Å²) in [7, 11) is 0. The van der Waals surface area contributed by atoms with Gasteiger partial charge in [0, 0.05) is 25.4 Å². The second-order valence-electron chi connectivity index (χ2n) is 5.50. The molecule has 0 spiro atoms. The summed E-state index contributed by atoms with van der Waals surface area (Å²) in [6, 6.07) is 6.29. The number of aromatic amines is 1. The minimum Gasteiger partial charge on any atom is -0.395 e. The predicted molar refractivity (Wildman–Crippen MR) is 85.3 cm³/mol. The highest BCUT2D eigenvalue weighted by atomic mass is 16.3. The van der Waals surface area contributed by atoms with Crippen molar-refractivity contribution >= 4 is 5.91 Å². The Hall–Kier alpha value is -2.14. The first-order valence-corrected chi connectivity index (χ1v) is 7.53. The molecule has 2 rings (SSSR count). The molecule has 1 amide bonds. The van der Waals surface area contributed by atoms with Crippen LogP contribution in [-0.2, 0) is 17.8 Å². The highest BCUT2D eigenvalue weighted by Crippen LogP contribution is 2.13. The lowest BCUT2D eigenvalue weighted by Gasteiger charge is -2.21. The minimum absolute atomic E-state index is 0.0328. The van der Waals surface area contributed by atoms with E-state index < -0.39 is 0 Å². The van der Waals surface area contributed by atoms with E-state index in [9.17, 15) is 4.79 Å². The van der Waals surface area contributed by atoms with Crippen molar-refractivity contribution in [3.63, 3.8) is 0 Å². The Morgan fingerprint density at radius 2 is 2.18 bits per heavy atom. The summed E-state index contributed by atoms with van der Waals surface area (Å²) < 4.78 is 0. The average molecular weight is 301 g/mol. The molecule has 1 heterocycles. The number of carbonyl (C=O) groups excluding carboxylic acids is 1. The molecule has 118 valence electrons. The number of rotatable bonds is 7. The molecule has 0 atom stereocenters. The SMILES string of the molecule is Cc1ccc(CCC(=O)N(CCO)Cc2ncc[nH]2)c(C)c1. The lowest BCUT2D eigenvalue weighted by Crippen LogP contribution is -2.33. The summed E-state index contributed by atoms with van der Waals surface area (Å²) in [5.41, 5.74) is 3.64. The largest absolute Gasteiger partial charge is 0.395 e. The van der Waals surface area contributed by atoms with Crippen molar-refractivity contribution < 1.29 is 9.90 Å². The van der Waals surface area contributed by atoms with Gasteiger partial charge in [0.05, 0.1) is 13.2 Å². The molecule has 2 aromatic rings. The summed E-state index contributed by atoms with van der Waals surface area (Å²) in [5.74, 6) is 0.763. The normalized spacial score (nSPS) is 10.7. The third kappa shape index (κ3) is 4.43. The van der Waals surface area contributed by atoms with E-state index in [1.165, 1.54) is 16.7 Å². The van der Waals surface area contributed by atoms with Crippen LogP contribution in [-0.4, -0.2) is 39.0 Å². The minimum atomic E-state index is -0.0456. The number of aliphatic hydroxyl groups is 1. The molecule has 0 aliphatic rings. The van der Waals surface area contributed by atoms with Gasteiger partial charge >= 0.3 is 0 Å². The van der Waals surface area contributed by atoms with Crippen LogP contribution >= 0.6 is 0 Å². The summed E-state index contributed by atoms with van der Waals surface area (Å²) >= 11 is 0. The van der Waals surface area contributed by atoms with Gasteiger partial charge in [0.25, 0.3) is 0 Å². The third-order valence-corrected chi connectivity index (χ3v) is 3.72. The zero-order valence-electron chi connectivity index (χ0n) is 13.2. The maximum absolute atomic E-state index is 12.4. The van der Waals surface area contributed by atoms with E-state index in [4.69, 9.17) is 5.11 Å². The van der Waals surface area contributed by atoms with E-state index in [1.807, 2.05) is 0 Å². The van der Waals surface area contributed by atoms with E-state index in [-0.39, 0.29) is 12.5 Å². The molecule has 0 aliphatic heterocycles. The van der Waals surface area contributed by atoms with E-state index in [2.05, 4.69) is 42.0 Å². The number of aryl methyl sites for hydroxylation is 3. The molecule has 0 saturated carbocycles. The maximum atomic E-state index is 12.4. The second kappa shape index (κ2) is 7.75. The molecule has 5 nitrogen and oxygen atoms in total. The highest BCUT2D eigenvalue weighted by molar-refractivity contribution is 5.76. The number of aliphatic hydroxyl groups excluding tert-OH is 1. The van der Waals surface area contributed by atoms with Gasteiger partial charge in [-0.2, -0.15) is 0 Å². The molecular weight excluding hydrogens is 278 g/mol. The molecule has 5 heteroatoms. The number of nitrogens with zero attached hydrogens (tertiary/aromatic N) is 2. The summed E-state index contributed by atoms with van der Waals surface area (Å²) in [5, 5.41) is 9.15. The van der Waals surface area contributed by atoms with E-state index in [1.54, 1.807) is 17.3 Å². The standard InChI is InChI=1S/C17H23N3O2/c1-13-3-4-15(14(2)11-13)5-6-17(22)20(9-10-21)12-16-18-7-8-19-16/h3-4,7-8,11,21H,5-6,9-10,12H2,1-2H3,(H,18,19). The van der Waals surface area contributed by atoms with Gasteiger partial charge in [-0.3, -0.25) is 4.79 Å². The first-order chi connectivity index (χ1) is 10.6. The average Bonchev–Trinajstić information content (AvgIpc) is 2.98. The Labute approximate surface area is 131 Å². The lowest BCUT2D eigenvalue weighted by atomic mass is 10.0. The Balaban J connectivity index is 1.95. The van der Waals surface area contributed by atoms with Gasteiger partial charge < -0.3 is 15.0 Å². The van der Waals surface area contributed by atoms with Crippen LogP contribution in [0.15, 0.2) is 30.6 Å². The zero-order chi connectivity index (χ0) is 15.9. The maximum Gasteiger partial charge on any atom is 0.223 e. The fourth-order valence-corrected chi connectivity index (χ4v) is 2.50. The Morgan fingerprint density at radius 1 is 1.36 bits per heavy atom. The number of benzene rings is 1. The zero-order valence-corrected chi connectivity index (χ0v) is 13.2. The Kier molecular flexibility index (Phi) is 5.72. The van der Waals surface area contributed by atoms with Gasteiger partial charge in [0.2, 0.25) is 5.91 Å². The van der Waals surface area contributed by atoms with Gasteiger partial charge in [-0.25, -0.2) is 4.98 Å². The van der Waals surface area contributed by atoms with Crippen LogP contribution < -0.4 is 0 Å². The van der Waals surface area contributed by atoms with E-state index >= 15 is 0 Å². The van der Waals surface area contributed by atoms with Crippen molar-refractivity contribution in [1.82, 2.24) is 14.9 Å². The first kappa shape index (κ1) is 16.2. The number of H-pyrrole nitrogens is 1. The van der Waals surface area contributed by atoms with Crippen LogP contribution in [0.4, 0.5) is 0 Å². The van der Waals surface area contributed by atoms with Gasteiger partial charge in [-0.1, -0.05) is 23.8 Å².